The number of rotatable bonds is 4. The van der Waals surface area contributed by atoms with Crippen molar-refractivity contribution in [2.75, 3.05) is 5.32 Å². The second-order valence-electron chi connectivity index (χ2n) is 4.50. The zero-order chi connectivity index (χ0) is 14.7. The van der Waals surface area contributed by atoms with E-state index in [1.807, 2.05) is 13.0 Å². The van der Waals surface area contributed by atoms with Crippen LogP contribution in [0.15, 0.2) is 40.9 Å². The molecule has 0 spiro atoms. The molecule has 0 aromatic heterocycles. The fourth-order valence-corrected chi connectivity index (χ4v) is 2.33. The van der Waals surface area contributed by atoms with Crippen molar-refractivity contribution in [2.24, 2.45) is 5.73 Å². The van der Waals surface area contributed by atoms with Crippen molar-refractivity contribution in [3.05, 3.63) is 63.4 Å². The van der Waals surface area contributed by atoms with Gasteiger partial charge < -0.3 is 11.1 Å². The number of carbonyl (C=O) groups excluding carboxylic acids is 1. The van der Waals surface area contributed by atoms with Crippen LogP contribution in [0.1, 0.15) is 21.5 Å². The van der Waals surface area contributed by atoms with Gasteiger partial charge in [0.05, 0.1) is 4.47 Å². The van der Waals surface area contributed by atoms with Crippen molar-refractivity contribution in [3.8, 4) is 0 Å². The van der Waals surface area contributed by atoms with Gasteiger partial charge in [0.2, 0.25) is 5.91 Å². The minimum atomic E-state index is -0.460. The van der Waals surface area contributed by atoms with E-state index in [0.29, 0.717) is 16.6 Å². The molecule has 0 atom stereocenters. The molecule has 0 aliphatic rings. The fraction of sp³-hybridized carbons (Fsp3) is 0.133. The van der Waals surface area contributed by atoms with E-state index >= 15 is 0 Å². The lowest BCUT2D eigenvalue weighted by molar-refractivity contribution is 0.1000. The molecule has 20 heavy (non-hydrogen) atoms. The van der Waals surface area contributed by atoms with E-state index in [0.717, 1.165) is 16.8 Å². The largest absolute Gasteiger partial charge is 0.381 e. The van der Waals surface area contributed by atoms with Crippen molar-refractivity contribution < 1.29 is 9.18 Å². The third-order valence-electron chi connectivity index (χ3n) is 2.96. The average Bonchev–Trinajstić information content (AvgIpc) is 2.41. The quantitative estimate of drug-likeness (QED) is 0.896. The summed E-state index contributed by atoms with van der Waals surface area (Å²) in [6.07, 6.45) is 0. The second kappa shape index (κ2) is 6.05. The summed E-state index contributed by atoms with van der Waals surface area (Å²) < 4.78 is 13.9. The van der Waals surface area contributed by atoms with Crippen LogP contribution in [0.2, 0.25) is 0 Å². The standard InChI is InChI=1S/C15H14BrFN2O/c1-9-5-12(16)13(17)7-14(9)19-8-10-3-2-4-11(6-10)15(18)20/h2-7,19H,8H2,1H3,(H2,18,20). The topological polar surface area (TPSA) is 55.1 Å². The van der Waals surface area contributed by atoms with Crippen molar-refractivity contribution >= 4 is 27.5 Å². The Hall–Kier alpha value is -1.88. The number of nitrogens with two attached hydrogens (primary N) is 1. The van der Waals surface area contributed by atoms with Crippen LogP contribution in [0.5, 0.6) is 0 Å². The lowest BCUT2D eigenvalue weighted by Crippen LogP contribution is -2.11. The molecule has 3 N–H and O–H groups in total. The number of aryl methyl sites for hydroxylation is 1. The van der Waals surface area contributed by atoms with Gasteiger partial charge in [-0.25, -0.2) is 4.39 Å². The van der Waals surface area contributed by atoms with Gasteiger partial charge in [-0.3, -0.25) is 4.79 Å². The van der Waals surface area contributed by atoms with Gasteiger partial charge in [0, 0.05) is 17.8 Å². The maximum Gasteiger partial charge on any atom is 0.248 e. The van der Waals surface area contributed by atoms with E-state index in [4.69, 9.17) is 5.73 Å². The van der Waals surface area contributed by atoms with Gasteiger partial charge in [-0.1, -0.05) is 12.1 Å². The van der Waals surface area contributed by atoms with Gasteiger partial charge in [0.15, 0.2) is 0 Å². The van der Waals surface area contributed by atoms with Crippen LogP contribution in [0, 0.1) is 12.7 Å². The smallest absolute Gasteiger partial charge is 0.248 e. The first kappa shape index (κ1) is 14.5. The molecule has 104 valence electrons. The molecular weight excluding hydrogens is 323 g/mol. The molecule has 0 heterocycles. The van der Waals surface area contributed by atoms with Gasteiger partial charge >= 0.3 is 0 Å². The second-order valence-corrected chi connectivity index (χ2v) is 5.35. The maximum absolute atomic E-state index is 13.5. The number of hydrogen-bond donors (Lipinski definition) is 2. The molecular formula is C15H14BrFN2O. The molecule has 5 heteroatoms. The lowest BCUT2D eigenvalue weighted by atomic mass is 10.1. The van der Waals surface area contributed by atoms with Crippen LogP contribution in [0.3, 0.4) is 0 Å². The first-order valence-corrected chi connectivity index (χ1v) is 6.85. The van der Waals surface area contributed by atoms with Crippen LogP contribution in [0.4, 0.5) is 10.1 Å². The summed E-state index contributed by atoms with van der Waals surface area (Å²) in [4.78, 5) is 11.1. The fourth-order valence-electron chi connectivity index (χ4n) is 1.87. The third kappa shape index (κ3) is 3.36. The summed E-state index contributed by atoms with van der Waals surface area (Å²) in [7, 11) is 0. The molecule has 2 aromatic carbocycles. The molecule has 0 saturated heterocycles. The predicted molar refractivity (Wildman–Crippen MR) is 81.1 cm³/mol. The van der Waals surface area contributed by atoms with Gasteiger partial charge in [-0.2, -0.15) is 0 Å². The minimum Gasteiger partial charge on any atom is -0.381 e. The average molecular weight is 337 g/mol. The van der Waals surface area contributed by atoms with Crippen LogP contribution in [-0.4, -0.2) is 5.91 Å². The Morgan fingerprint density at radius 3 is 2.80 bits per heavy atom. The van der Waals surface area contributed by atoms with Crippen LogP contribution < -0.4 is 11.1 Å². The van der Waals surface area contributed by atoms with Crippen molar-refractivity contribution in [2.45, 2.75) is 13.5 Å². The zero-order valence-electron chi connectivity index (χ0n) is 10.9. The molecule has 0 bridgehead atoms. The molecule has 1 amide bonds. The number of anilines is 1. The van der Waals surface area contributed by atoms with E-state index in [1.54, 1.807) is 24.3 Å². The van der Waals surface area contributed by atoms with E-state index in [9.17, 15) is 9.18 Å². The summed E-state index contributed by atoms with van der Waals surface area (Å²) in [5.74, 6) is -0.776. The van der Waals surface area contributed by atoms with E-state index < -0.39 is 5.91 Å². The molecule has 0 fully saturated rings. The molecule has 0 aliphatic heterocycles. The Kier molecular flexibility index (Phi) is 4.39. The number of halogens is 2. The van der Waals surface area contributed by atoms with Crippen LogP contribution >= 0.6 is 15.9 Å². The molecule has 2 rings (SSSR count). The predicted octanol–water partition coefficient (Wildman–Crippen LogP) is 3.61. The van der Waals surface area contributed by atoms with Gasteiger partial charge in [0.25, 0.3) is 0 Å². The number of hydrogen-bond acceptors (Lipinski definition) is 2. The zero-order valence-corrected chi connectivity index (χ0v) is 12.5. The molecule has 0 radical (unpaired) electrons. The summed E-state index contributed by atoms with van der Waals surface area (Å²) in [5, 5.41) is 3.15. The Labute approximate surface area is 125 Å². The number of benzene rings is 2. The Bertz CT molecular complexity index is 658. The Morgan fingerprint density at radius 1 is 1.35 bits per heavy atom. The van der Waals surface area contributed by atoms with E-state index in [2.05, 4.69) is 21.2 Å². The normalized spacial score (nSPS) is 10.3. The Balaban J connectivity index is 2.15. The van der Waals surface area contributed by atoms with Gasteiger partial charge in [-0.05, 0) is 58.2 Å². The highest BCUT2D eigenvalue weighted by atomic mass is 79.9. The molecule has 0 unspecified atom stereocenters. The number of nitrogens with one attached hydrogen (secondary N) is 1. The van der Waals surface area contributed by atoms with Gasteiger partial charge in [-0.15, -0.1) is 0 Å². The number of amides is 1. The van der Waals surface area contributed by atoms with E-state index in [1.165, 1.54) is 6.07 Å². The highest BCUT2D eigenvalue weighted by molar-refractivity contribution is 9.10. The van der Waals surface area contributed by atoms with E-state index in [-0.39, 0.29) is 5.82 Å². The van der Waals surface area contributed by atoms with Crippen molar-refractivity contribution in [3.63, 3.8) is 0 Å². The summed E-state index contributed by atoms with van der Waals surface area (Å²) in [5.41, 5.74) is 8.26. The molecule has 3 nitrogen and oxygen atoms in total. The Morgan fingerprint density at radius 2 is 2.10 bits per heavy atom. The van der Waals surface area contributed by atoms with Crippen LogP contribution in [0.25, 0.3) is 0 Å². The lowest BCUT2D eigenvalue weighted by Gasteiger charge is -2.11. The van der Waals surface area contributed by atoms with Crippen molar-refractivity contribution in [1.82, 2.24) is 0 Å². The number of carbonyl (C=O) groups is 1. The minimum absolute atomic E-state index is 0.316. The summed E-state index contributed by atoms with van der Waals surface area (Å²) >= 11 is 3.15. The summed E-state index contributed by atoms with van der Waals surface area (Å²) in [6.45, 7) is 2.38. The first-order valence-electron chi connectivity index (χ1n) is 6.05. The van der Waals surface area contributed by atoms with Crippen molar-refractivity contribution in [1.29, 1.82) is 0 Å². The SMILES string of the molecule is Cc1cc(Br)c(F)cc1NCc1cccc(C(N)=O)c1. The van der Waals surface area contributed by atoms with Gasteiger partial charge in [0.1, 0.15) is 5.82 Å². The molecule has 0 saturated carbocycles. The first-order chi connectivity index (χ1) is 9.47. The maximum atomic E-state index is 13.5. The third-order valence-corrected chi connectivity index (χ3v) is 3.57. The summed E-state index contributed by atoms with van der Waals surface area (Å²) in [6, 6.07) is 10.2. The highest BCUT2D eigenvalue weighted by Gasteiger charge is 2.06. The monoisotopic (exact) mass is 336 g/mol. The molecule has 0 aliphatic carbocycles. The van der Waals surface area contributed by atoms with Crippen LogP contribution in [-0.2, 0) is 6.54 Å². The molecule has 2 aromatic rings. The number of primary amides is 1. The highest BCUT2D eigenvalue weighted by Crippen LogP contribution is 2.24.